The minimum atomic E-state index is -5.15. The average Bonchev–Trinajstić information content (AvgIpc) is 1.60. The number of ether oxygens (including phenoxy) is 2. The molecule has 10 rings (SSSR count). The number of piperidine rings is 2. The summed E-state index contributed by atoms with van der Waals surface area (Å²) in [4.78, 5) is 79.6. The Kier molecular flexibility index (Phi) is 23.9. The van der Waals surface area contributed by atoms with Gasteiger partial charge >= 0.3 is 18.4 Å². The highest BCUT2D eigenvalue weighted by Gasteiger charge is 2.50. The summed E-state index contributed by atoms with van der Waals surface area (Å²) in [5.41, 5.74) is 1.08. The van der Waals surface area contributed by atoms with E-state index in [1.807, 2.05) is 112 Å². The predicted molar refractivity (Wildman–Crippen MR) is 365 cm³/mol. The number of anilines is 2. The van der Waals surface area contributed by atoms with Crippen molar-refractivity contribution in [3.8, 4) is 11.1 Å². The van der Waals surface area contributed by atoms with Crippen LogP contribution in [0.2, 0.25) is 0 Å². The molecule has 5 amide bonds. The molecule has 530 valence electrons. The molecule has 4 aliphatic rings. The summed E-state index contributed by atoms with van der Waals surface area (Å²) in [7, 11) is 3.57. The molecular formula is C76H89F7N8O8. The van der Waals surface area contributed by atoms with Crippen LogP contribution in [0.25, 0.3) is 11.1 Å². The van der Waals surface area contributed by atoms with Gasteiger partial charge in [0.1, 0.15) is 24.8 Å². The minimum Gasteiger partial charge on any atom is -0.465 e. The van der Waals surface area contributed by atoms with E-state index in [9.17, 15) is 59.8 Å². The van der Waals surface area contributed by atoms with Crippen LogP contribution < -0.4 is 10.2 Å². The van der Waals surface area contributed by atoms with E-state index >= 15 is 0 Å². The smallest absolute Gasteiger partial charge is 0.416 e. The fourth-order valence-corrected chi connectivity index (χ4v) is 14.5. The van der Waals surface area contributed by atoms with Gasteiger partial charge in [-0.1, -0.05) is 91.3 Å². The van der Waals surface area contributed by atoms with E-state index in [-0.39, 0.29) is 61.5 Å². The first-order valence-corrected chi connectivity index (χ1v) is 34.3. The minimum absolute atomic E-state index is 0.0282. The van der Waals surface area contributed by atoms with E-state index in [0.717, 1.165) is 71.7 Å². The molecule has 0 radical (unpaired) electrons. The van der Waals surface area contributed by atoms with Gasteiger partial charge in [0.2, 0.25) is 11.8 Å². The van der Waals surface area contributed by atoms with Gasteiger partial charge in [-0.3, -0.25) is 24.1 Å². The van der Waals surface area contributed by atoms with Gasteiger partial charge in [0.15, 0.2) is 0 Å². The van der Waals surface area contributed by atoms with E-state index in [4.69, 9.17) is 9.47 Å². The molecule has 3 saturated heterocycles. The van der Waals surface area contributed by atoms with Crippen LogP contribution in [0, 0.1) is 5.82 Å². The molecule has 99 heavy (non-hydrogen) atoms. The largest absolute Gasteiger partial charge is 0.465 e. The number of fused-ring (bicyclic) bond motifs is 2. The molecule has 3 aliphatic heterocycles. The molecular weight excluding hydrogens is 1290 g/mol. The van der Waals surface area contributed by atoms with Crippen molar-refractivity contribution in [2.45, 2.75) is 126 Å². The Hall–Kier alpha value is -8.38. The van der Waals surface area contributed by atoms with Crippen LogP contribution in [0.4, 0.5) is 46.9 Å². The molecule has 3 fully saturated rings. The number of para-hydroxylation sites is 1. The number of nitrogens with zero attached hydrogens (tertiary/aromatic N) is 7. The van der Waals surface area contributed by atoms with Gasteiger partial charge in [0.25, 0.3) is 11.8 Å². The van der Waals surface area contributed by atoms with E-state index in [1.54, 1.807) is 21.7 Å². The summed E-state index contributed by atoms with van der Waals surface area (Å²) in [6.45, 7) is 9.08. The first-order valence-electron chi connectivity index (χ1n) is 34.3. The second-order valence-corrected chi connectivity index (χ2v) is 27.0. The predicted octanol–water partition coefficient (Wildman–Crippen LogP) is 13.7. The number of carbonyl (C=O) groups excluding carboxylic acids is 4. The first-order chi connectivity index (χ1) is 47.3. The second kappa shape index (κ2) is 32.3. The molecule has 0 saturated carbocycles. The van der Waals surface area contributed by atoms with Gasteiger partial charge in [0, 0.05) is 113 Å². The Labute approximate surface area is 574 Å². The number of amides is 5. The summed E-state index contributed by atoms with van der Waals surface area (Å²) in [6, 6.07) is 39.0. The topological polar surface area (TPSA) is 159 Å². The van der Waals surface area contributed by atoms with Crippen LogP contribution in [0.1, 0.15) is 127 Å². The van der Waals surface area contributed by atoms with E-state index in [0.29, 0.717) is 120 Å². The van der Waals surface area contributed by atoms with E-state index in [1.165, 1.54) is 29.2 Å². The molecule has 6 aromatic rings. The maximum atomic E-state index is 14.3. The molecule has 1 spiro atoms. The number of halogens is 7. The van der Waals surface area contributed by atoms with Crippen molar-refractivity contribution in [2.24, 2.45) is 0 Å². The van der Waals surface area contributed by atoms with Crippen molar-refractivity contribution in [3.05, 3.63) is 190 Å². The molecule has 23 heteroatoms. The van der Waals surface area contributed by atoms with Crippen molar-refractivity contribution in [3.63, 3.8) is 0 Å². The van der Waals surface area contributed by atoms with Crippen LogP contribution in [0.5, 0.6) is 0 Å². The molecule has 0 unspecified atom stereocenters. The zero-order chi connectivity index (χ0) is 70.7. The lowest BCUT2D eigenvalue weighted by Gasteiger charge is -2.44. The average molecular weight is 1380 g/mol. The van der Waals surface area contributed by atoms with Gasteiger partial charge in [-0.2, -0.15) is 26.3 Å². The molecule has 3 heterocycles. The van der Waals surface area contributed by atoms with Crippen LogP contribution in [0.3, 0.4) is 0 Å². The Morgan fingerprint density at radius 3 is 1.99 bits per heavy atom. The number of carboxylic acid groups (broad SMARTS) is 1. The molecule has 0 aromatic heterocycles. The third-order valence-electron chi connectivity index (χ3n) is 20.3. The molecule has 2 N–H and O–H groups in total. The van der Waals surface area contributed by atoms with E-state index < -0.39 is 64.6 Å². The summed E-state index contributed by atoms with van der Waals surface area (Å²) in [6.07, 6.45) is -4.48. The van der Waals surface area contributed by atoms with Crippen molar-refractivity contribution >= 4 is 41.1 Å². The van der Waals surface area contributed by atoms with Gasteiger partial charge in [0.05, 0.1) is 29.5 Å². The lowest BCUT2D eigenvalue weighted by molar-refractivity contribution is -0.143. The number of hydrogen-bond donors (Lipinski definition) is 2. The first kappa shape index (κ1) is 73.3. The van der Waals surface area contributed by atoms with Gasteiger partial charge in [-0.05, 0) is 168 Å². The standard InChI is InChI=1S/C76H89F7N8O8/c1-53(2)90(71(95)55-23-29-62(30-24-55)84-36-14-6-9-22-68(92)86(4)44-45-87-39-31-63(32-40-87)91(72(96)97)66-21-13-11-19-64(66)54-16-7-5-8-17-54)38-15-37-85(3)69(93)50-98-67-48-56-18-10-12-20-65(56)73(67)33-41-88(42-34-73)43-35-74(58-25-27-61(77)28-26-58)51-89(52-99-74)70(94)57-46-59(75(78,79)80)49-60(47-57)76(81,82)83/h5,7-8,10-13,16-21,23-30,46-47,49,53,63,67,84H,6,9,14-15,22,31-45,48,50-52H2,1-4H3,(H,96,97)/t67-,74+/m0/s1. The maximum Gasteiger partial charge on any atom is 0.416 e. The molecule has 1 aliphatic carbocycles. The number of nitrogens with one attached hydrogen (secondary N) is 1. The van der Waals surface area contributed by atoms with Gasteiger partial charge in [-0.15, -0.1) is 0 Å². The third kappa shape index (κ3) is 18.0. The number of alkyl halides is 6. The molecule has 0 bridgehead atoms. The number of unbranched alkanes of at least 4 members (excludes halogenated alkanes) is 2. The highest BCUT2D eigenvalue weighted by molar-refractivity contribution is 5.96. The van der Waals surface area contributed by atoms with Crippen molar-refractivity contribution in [1.82, 2.24) is 29.4 Å². The van der Waals surface area contributed by atoms with Crippen molar-refractivity contribution < 1.29 is 69.3 Å². The van der Waals surface area contributed by atoms with Crippen LogP contribution in [0.15, 0.2) is 146 Å². The number of carbonyl (C=O) groups is 5. The summed E-state index contributed by atoms with van der Waals surface area (Å²) < 4.78 is 110. The Morgan fingerprint density at radius 1 is 0.687 bits per heavy atom. The molecule has 16 nitrogen and oxygen atoms in total. The molecule has 2 atom stereocenters. The van der Waals surface area contributed by atoms with Crippen molar-refractivity contribution in [2.75, 3.05) is 110 Å². The lowest BCUT2D eigenvalue weighted by Crippen LogP contribution is -2.50. The zero-order valence-electron chi connectivity index (χ0n) is 56.6. The quantitative estimate of drug-likeness (QED) is 0.0373. The number of rotatable bonds is 27. The summed E-state index contributed by atoms with van der Waals surface area (Å²) in [5, 5.41) is 13.8. The van der Waals surface area contributed by atoms with Gasteiger partial charge in [-0.25, -0.2) is 9.18 Å². The maximum absolute atomic E-state index is 14.3. The number of likely N-dealkylation sites (tertiary alicyclic amines) is 2. The Morgan fingerprint density at radius 2 is 1.32 bits per heavy atom. The number of benzene rings is 6. The zero-order valence-corrected chi connectivity index (χ0v) is 56.6. The van der Waals surface area contributed by atoms with Crippen molar-refractivity contribution in [1.29, 1.82) is 0 Å². The Bertz CT molecular complexity index is 3700. The number of hydrogen-bond acceptors (Lipinski definition) is 10. The third-order valence-corrected chi connectivity index (χ3v) is 20.3. The van der Waals surface area contributed by atoms with Crippen LogP contribution >= 0.6 is 0 Å². The lowest BCUT2D eigenvalue weighted by atomic mass is 9.72. The highest BCUT2D eigenvalue weighted by atomic mass is 19.4. The summed E-state index contributed by atoms with van der Waals surface area (Å²) >= 11 is 0. The molecule has 6 aromatic carbocycles. The monoisotopic (exact) mass is 1370 g/mol. The fourth-order valence-electron chi connectivity index (χ4n) is 14.5. The Balaban J connectivity index is 0.630. The highest BCUT2D eigenvalue weighted by Crippen LogP contribution is 2.49. The van der Waals surface area contributed by atoms with Gasteiger partial charge < -0.3 is 49.3 Å². The number of likely N-dealkylation sites (N-methyl/N-ethyl adjacent to an activating group) is 2. The second-order valence-electron chi connectivity index (χ2n) is 27.0. The fraction of sp³-hybridized carbons (Fsp3) is 0.461. The normalized spacial score (nSPS) is 18.1. The summed E-state index contributed by atoms with van der Waals surface area (Å²) in [5.74, 6) is -1.81. The van der Waals surface area contributed by atoms with Crippen LogP contribution in [-0.4, -0.2) is 182 Å². The van der Waals surface area contributed by atoms with E-state index in [2.05, 4.69) is 27.2 Å². The SMILES string of the molecule is CC(C)N(CCCN(C)C(=O)CO[C@H]1Cc2ccccc2C12CCN(CC[C@]1(c3ccc(F)cc3)CN(C(=O)c3cc(C(F)(F)F)cc(C(F)(F)F)c3)CO1)CC2)C(=O)c1ccc(NCCCCCC(=O)N(C)CCN2CCC(N(C(=O)O)c3ccccc3-c3ccccc3)CC2)cc1. The van der Waals surface area contributed by atoms with Crippen LogP contribution in [-0.2, 0) is 48.9 Å².